The summed E-state index contributed by atoms with van der Waals surface area (Å²) in [6.45, 7) is 2.14. The number of amides is 2. The van der Waals surface area contributed by atoms with Gasteiger partial charge in [-0.25, -0.2) is 0 Å². The molecule has 0 bridgehead atoms. The fourth-order valence-corrected chi connectivity index (χ4v) is 3.76. The zero-order chi connectivity index (χ0) is 17.9. The first-order valence-corrected chi connectivity index (χ1v) is 9.21. The summed E-state index contributed by atoms with van der Waals surface area (Å²) in [7, 11) is 0. The van der Waals surface area contributed by atoms with Crippen LogP contribution in [0.2, 0.25) is 0 Å². The molecule has 7 heteroatoms. The smallest absolute Gasteiger partial charge is 0.266 e. The van der Waals surface area contributed by atoms with Crippen LogP contribution in [0.25, 0.3) is 10.9 Å². The standard InChI is InChI=1S/C19H17N3O3S/c23-18(21-15-5-1-3-13-4-2-7-20-16(13)15)17-14(6-12-26-17)19(24)22-8-10-25-11-9-22/h1-7,12H,8-11H2,(H,21,23). The molecular formula is C19H17N3O3S. The Bertz CT molecular complexity index is 958. The van der Waals surface area contributed by atoms with E-state index in [2.05, 4.69) is 10.3 Å². The molecule has 1 aliphatic rings. The van der Waals surface area contributed by atoms with Gasteiger partial charge in [0.2, 0.25) is 0 Å². The molecule has 132 valence electrons. The highest BCUT2D eigenvalue weighted by atomic mass is 32.1. The quantitative estimate of drug-likeness (QED) is 0.772. The Kier molecular flexibility index (Phi) is 4.64. The largest absolute Gasteiger partial charge is 0.378 e. The van der Waals surface area contributed by atoms with Crippen molar-refractivity contribution in [1.82, 2.24) is 9.88 Å². The van der Waals surface area contributed by atoms with Gasteiger partial charge in [0.15, 0.2) is 0 Å². The van der Waals surface area contributed by atoms with Crippen LogP contribution in [0.1, 0.15) is 20.0 Å². The van der Waals surface area contributed by atoms with Gasteiger partial charge < -0.3 is 15.0 Å². The summed E-state index contributed by atoms with van der Waals surface area (Å²) >= 11 is 1.26. The average molecular weight is 367 g/mol. The number of aromatic nitrogens is 1. The third-order valence-corrected chi connectivity index (χ3v) is 5.19. The van der Waals surface area contributed by atoms with Crippen LogP contribution >= 0.6 is 11.3 Å². The number of rotatable bonds is 3. The molecule has 3 heterocycles. The lowest BCUT2D eigenvalue weighted by atomic mass is 10.1. The van der Waals surface area contributed by atoms with Gasteiger partial charge in [0, 0.05) is 24.7 Å². The lowest BCUT2D eigenvalue weighted by Gasteiger charge is -2.26. The van der Waals surface area contributed by atoms with Crippen molar-refractivity contribution in [2.75, 3.05) is 31.6 Å². The molecule has 1 aromatic carbocycles. The predicted molar refractivity (Wildman–Crippen MR) is 101 cm³/mol. The maximum absolute atomic E-state index is 12.8. The Morgan fingerprint density at radius 2 is 1.92 bits per heavy atom. The molecule has 4 rings (SSSR count). The Morgan fingerprint density at radius 1 is 1.12 bits per heavy atom. The minimum atomic E-state index is -0.297. The van der Waals surface area contributed by atoms with E-state index in [9.17, 15) is 9.59 Å². The molecule has 0 aliphatic carbocycles. The molecule has 0 spiro atoms. The molecule has 6 nitrogen and oxygen atoms in total. The second kappa shape index (κ2) is 7.23. The van der Waals surface area contributed by atoms with E-state index in [0.717, 1.165) is 10.9 Å². The molecule has 0 atom stereocenters. The molecule has 26 heavy (non-hydrogen) atoms. The van der Waals surface area contributed by atoms with Crippen LogP contribution in [0.15, 0.2) is 48.0 Å². The number of thiophene rings is 1. The highest BCUT2D eigenvalue weighted by Crippen LogP contribution is 2.24. The van der Waals surface area contributed by atoms with Crippen molar-refractivity contribution in [2.24, 2.45) is 0 Å². The fourth-order valence-electron chi connectivity index (χ4n) is 2.97. The number of anilines is 1. The number of benzene rings is 1. The van der Waals surface area contributed by atoms with Crippen LogP contribution in [0.4, 0.5) is 5.69 Å². The second-order valence-corrected chi connectivity index (χ2v) is 6.82. The Labute approximate surface area is 154 Å². The monoisotopic (exact) mass is 367 g/mol. The molecule has 0 radical (unpaired) electrons. The summed E-state index contributed by atoms with van der Waals surface area (Å²) in [6.07, 6.45) is 1.69. The van der Waals surface area contributed by atoms with Crippen LogP contribution in [-0.2, 0) is 4.74 Å². The van der Waals surface area contributed by atoms with Crippen molar-refractivity contribution in [3.63, 3.8) is 0 Å². The molecule has 1 N–H and O–H groups in total. The Hall–Kier alpha value is -2.77. The first kappa shape index (κ1) is 16.7. The summed E-state index contributed by atoms with van der Waals surface area (Å²) in [5.41, 5.74) is 1.79. The SMILES string of the molecule is O=C(Nc1cccc2cccnc12)c1sccc1C(=O)N1CCOCC1. The summed E-state index contributed by atoms with van der Waals surface area (Å²) in [5.74, 6) is -0.425. The summed E-state index contributed by atoms with van der Waals surface area (Å²) in [5, 5.41) is 5.61. The third kappa shape index (κ3) is 3.18. The number of carbonyl (C=O) groups is 2. The Morgan fingerprint density at radius 3 is 2.77 bits per heavy atom. The molecule has 3 aromatic rings. The van der Waals surface area contributed by atoms with Crippen LogP contribution < -0.4 is 5.32 Å². The first-order valence-electron chi connectivity index (χ1n) is 8.33. The number of hydrogen-bond donors (Lipinski definition) is 1. The maximum atomic E-state index is 12.8. The van der Waals surface area contributed by atoms with Gasteiger partial charge in [-0.2, -0.15) is 0 Å². The highest BCUT2D eigenvalue weighted by molar-refractivity contribution is 7.12. The van der Waals surface area contributed by atoms with Gasteiger partial charge in [0.25, 0.3) is 11.8 Å². The molecule has 0 unspecified atom stereocenters. The molecule has 2 amide bonds. The number of nitrogens with zero attached hydrogens (tertiary/aromatic N) is 2. The number of fused-ring (bicyclic) bond motifs is 1. The van der Waals surface area contributed by atoms with Crippen molar-refractivity contribution in [3.05, 3.63) is 58.4 Å². The number of pyridine rings is 1. The van der Waals surface area contributed by atoms with Crippen molar-refractivity contribution >= 4 is 39.7 Å². The second-order valence-electron chi connectivity index (χ2n) is 5.90. The first-order chi connectivity index (χ1) is 12.7. The highest BCUT2D eigenvalue weighted by Gasteiger charge is 2.25. The molecule has 1 aliphatic heterocycles. The van der Waals surface area contributed by atoms with E-state index in [1.165, 1.54) is 11.3 Å². The van der Waals surface area contributed by atoms with Crippen LogP contribution in [-0.4, -0.2) is 48.0 Å². The average Bonchev–Trinajstić information content (AvgIpc) is 3.18. The zero-order valence-corrected chi connectivity index (χ0v) is 14.8. The maximum Gasteiger partial charge on any atom is 0.266 e. The molecule has 1 saturated heterocycles. The van der Waals surface area contributed by atoms with Crippen molar-refractivity contribution in [1.29, 1.82) is 0 Å². The molecule has 1 fully saturated rings. The van der Waals surface area contributed by atoms with Crippen molar-refractivity contribution < 1.29 is 14.3 Å². The van der Waals surface area contributed by atoms with Crippen molar-refractivity contribution in [2.45, 2.75) is 0 Å². The minimum absolute atomic E-state index is 0.129. The van der Waals surface area contributed by atoms with E-state index < -0.39 is 0 Å². The van der Waals surface area contributed by atoms with Gasteiger partial charge in [-0.3, -0.25) is 14.6 Å². The van der Waals surface area contributed by atoms with Gasteiger partial charge in [-0.1, -0.05) is 18.2 Å². The topological polar surface area (TPSA) is 71.5 Å². The molecule has 2 aromatic heterocycles. The van der Waals surface area contributed by atoms with Gasteiger partial charge in [0.1, 0.15) is 4.88 Å². The summed E-state index contributed by atoms with van der Waals surface area (Å²) in [6, 6.07) is 11.1. The van der Waals surface area contributed by atoms with Gasteiger partial charge in [-0.15, -0.1) is 11.3 Å². The van der Waals surface area contributed by atoms with Crippen molar-refractivity contribution in [3.8, 4) is 0 Å². The van der Waals surface area contributed by atoms with E-state index in [-0.39, 0.29) is 11.8 Å². The lowest BCUT2D eigenvalue weighted by molar-refractivity contribution is 0.0302. The van der Waals surface area contributed by atoms with E-state index >= 15 is 0 Å². The molecule has 0 saturated carbocycles. The number of carbonyl (C=O) groups excluding carboxylic acids is 2. The number of nitrogens with one attached hydrogen (secondary N) is 1. The zero-order valence-electron chi connectivity index (χ0n) is 14.0. The number of ether oxygens (including phenoxy) is 1. The van der Waals surface area contributed by atoms with E-state index in [0.29, 0.717) is 42.4 Å². The van der Waals surface area contributed by atoms with Crippen LogP contribution in [0, 0.1) is 0 Å². The lowest BCUT2D eigenvalue weighted by Crippen LogP contribution is -2.41. The summed E-state index contributed by atoms with van der Waals surface area (Å²) < 4.78 is 5.29. The van der Waals surface area contributed by atoms with E-state index in [1.54, 1.807) is 22.5 Å². The van der Waals surface area contributed by atoms with Gasteiger partial charge in [0.05, 0.1) is 30.0 Å². The number of para-hydroxylation sites is 1. The van der Waals surface area contributed by atoms with E-state index in [4.69, 9.17) is 4.74 Å². The number of hydrogen-bond acceptors (Lipinski definition) is 5. The fraction of sp³-hybridized carbons (Fsp3) is 0.211. The van der Waals surface area contributed by atoms with E-state index in [1.807, 2.05) is 30.3 Å². The molecular weight excluding hydrogens is 350 g/mol. The van der Waals surface area contributed by atoms with Gasteiger partial charge >= 0.3 is 0 Å². The predicted octanol–water partition coefficient (Wildman–Crippen LogP) is 3.02. The minimum Gasteiger partial charge on any atom is -0.378 e. The van der Waals surface area contributed by atoms with Crippen LogP contribution in [0.5, 0.6) is 0 Å². The van der Waals surface area contributed by atoms with Crippen LogP contribution in [0.3, 0.4) is 0 Å². The normalized spacial score (nSPS) is 14.4. The number of morpholine rings is 1. The third-order valence-electron chi connectivity index (χ3n) is 4.28. The Balaban J connectivity index is 1.59. The van der Waals surface area contributed by atoms with Gasteiger partial charge in [-0.05, 0) is 23.6 Å². The summed E-state index contributed by atoms with van der Waals surface area (Å²) in [4.78, 5) is 32.0.